The third kappa shape index (κ3) is 4.29. The van der Waals surface area contributed by atoms with Crippen molar-refractivity contribution in [3.63, 3.8) is 0 Å². The van der Waals surface area contributed by atoms with Gasteiger partial charge in [0.25, 0.3) is 10.9 Å². The Balaban J connectivity index is 1.99. The average molecular weight is 440 g/mol. The average Bonchev–Trinajstić information content (AvgIpc) is 3.10. The summed E-state index contributed by atoms with van der Waals surface area (Å²) in [5.74, 6) is 0.527. The van der Waals surface area contributed by atoms with Gasteiger partial charge in [-0.25, -0.2) is 9.50 Å². The van der Waals surface area contributed by atoms with Gasteiger partial charge in [-0.05, 0) is 39.0 Å². The first-order valence-corrected chi connectivity index (χ1v) is 10.8. The van der Waals surface area contributed by atoms with E-state index in [9.17, 15) is 8.42 Å². The van der Waals surface area contributed by atoms with Crippen molar-refractivity contribution >= 4 is 33.1 Å². The van der Waals surface area contributed by atoms with Crippen molar-refractivity contribution in [1.82, 2.24) is 19.6 Å². The van der Waals surface area contributed by atoms with Gasteiger partial charge in [0.2, 0.25) is 0 Å². The highest BCUT2D eigenvalue weighted by molar-refractivity contribution is 7.92. The number of sulfonamides is 1. The van der Waals surface area contributed by atoms with Gasteiger partial charge in [0.1, 0.15) is 18.0 Å². The Morgan fingerprint density at radius 3 is 2.69 bits per heavy atom. The Morgan fingerprint density at radius 2 is 1.97 bits per heavy atom. The number of halogens is 1. The molecule has 156 valence electrons. The van der Waals surface area contributed by atoms with E-state index in [1.807, 2.05) is 6.92 Å². The van der Waals surface area contributed by atoms with Gasteiger partial charge in [0, 0.05) is 25.0 Å². The van der Waals surface area contributed by atoms with Crippen LogP contribution in [0.1, 0.15) is 18.3 Å². The minimum absolute atomic E-state index is 0.199. The minimum atomic E-state index is -4.11. The van der Waals surface area contributed by atoms with E-state index in [1.54, 1.807) is 38.1 Å². The zero-order valence-electron chi connectivity index (χ0n) is 16.6. The maximum atomic E-state index is 13.2. The van der Waals surface area contributed by atoms with Crippen molar-refractivity contribution in [2.75, 3.05) is 31.2 Å². The molecule has 0 saturated carbocycles. The molecule has 0 radical (unpaired) electrons. The molecule has 0 aliphatic carbocycles. The monoisotopic (exact) mass is 439 g/mol. The quantitative estimate of drug-likeness (QED) is 0.497. The highest BCUT2D eigenvalue weighted by Gasteiger charge is 2.30. The molecule has 2 heterocycles. The van der Waals surface area contributed by atoms with Crippen molar-refractivity contribution < 1.29 is 17.9 Å². The fourth-order valence-electron chi connectivity index (χ4n) is 2.77. The van der Waals surface area contributed by atoms with Gasteiger partial charge in [0.05, 0.1) is 11.6 Å². The van der Waals surface area contributed by atoms with Crippen LogP contribution in [0, 0.1) is 13.8 Å². The third-order valence-corrected chi connectivity index (χ3v) is 5.99. The molecule has 2 aromatic heterocycles. The van der Waals surface area contributed by atoms with Crippen molar-refractivity contribution in [2.24, 2.45) is 0 Å². The largest absolute Gasteiger partial charge is 0.489 e. The molecule has 0 atom stereocenters. The number of benzene rings is 1. The lowest BCUT2D eigenvalue weighted by Gasteiger charge is -2.21. The summed E-state index contributed by atoms with van der Waals surface area (Å²) < 4.78 is 39.8. The number of anilines is 1. The number of ether oxygens (including phenoxy) is 2. The van der Waals surface area contributed by atoms with Crippen molar-refractivity contribution in [3.05, 3.63) is 40.7 Å². The van der Waals surface area contributed by atoms with E-state index in [0.717, 1.165) is 15.7 Å². The van der Waals surface area contributed by atoms with Crippen LogP contribution in [0.15, 0.2) is 29.4 Å². The number of fused-ring (bicyclic) bond motifs is 1. The predicted octanol–water partition coefficient (Wildman–Crippen LogP) is 2.63. The maximum absolute atomic E-state index is 13.2. The molecule has 9 nitrogen and oxygen atoms in total. The number of aromatic nitrogens is 4. The molecule has 3 aromatic rings. The van der Waals surface area contributed by atoms with E-state index in [4.69, 9.17) is 21.1 Å². The van der Waals surface area contributed by atoms with Crippen molar-refractivity contribution in [3.8, 4) is 5.75 Å². The SMILES string of the molecule is CCOCCOc1cccc(Cl)c1N(C)S(=O)(=O)c1nc2nc(C)cc(C)n2n1. The van der Waals surface area contributed by atoms with E-state index in [0.29, 0.717) is 19.0 Å². The fourth-order valence-corrected chi connectivity index (χ4v) is 4.17. The molecular weight excluding hydrogens is 418 g/mol. The van der Waals surface area contributed by atoms with E-state index >= 15 is 0 Å². The molecule has 11 heteroatoms. The van der Waals surface area contributed by atoms with E-state index in [2.05, 4.69) is 15.1 Å². The Kier molecular flexibility index (Phi) is 6.25. The summed E-state index contributed by atoms with van der Waals surface area (Å²) >= 11 is 6.31. The number of nitrogens with zero attached hydrogens (tertiary/aromatic N) is 5. The van der Waals surface area contributed by atoms with Crippen LogP contribution in [0.4, 0.5) is 5.69 Å². The normalized spacial score (nSPS) is 11.8. The molecule has 0 saturated heterocycles. The lowest BCUT2D eigenvalue weighted by Crippen LogP contribution is -2.28. The Hall–Kier alpha value is -2.43. The first-order valence-electron chi connectivity index (χ1n) is 8.94. The van der Waals surface area contributed by atoms with Crippen molar-refractivity contribution in [2.45, 2.75) is 25.9 Å². The summed E-state index contributed by atoms with van der Waals surface area (Å²) in [6.07, 6.45) is 0. The summed E-state index contributed by atoms with van der Waals surface area (Å²) in [4.78, 5) is 8.34. The molecule has 0 N–H and O–H groups in total. The lowest BCUT2D eigenvalue weighted by atomic mass is 10.3. The number of aryl methyl sites for hydroxylation is 2. The number of rotatable bonds is 8. The number of para-hydroxylation sites is 1. The van der Waals surface area contributed by atoms with Gasteiger partial charge < -0.3 is 9.47 Å². The van der Waals surface area contributed by atoms with Crippen LogP contribution in [-0.4, -0.2) is 54.9 Å². The molecule has 0 fully saturated rings. The molecule has 0 aliphatic heterocycles. The molecule has 3 rings (SSSR count). The molecule has 0 aliphatic rings. The highest BCUT2D eigenvalue weighted by atomic mass is 35.5. The van der Waals surface area contributed by atoms with Crippen LogP contribution >= 0.6 is 11.6 Å². The van der Waals surface area contributed by atoms with Crippen LogP contribution in [0.5, 0.6) is 5.75 Å². The molecule has 0 amide bonds. The number of hydrogen-bond donors (Lipinski definition) is 0. The minimum Gasteiger partial charge on any atom is -0.489 e. The predicted molar refractivity (Wildman–Crippen MR) is 109 cm³/mol. The first kappa shape index (κ1) is 21.3. The second-order valence-electron chi connectivity index (χ2n) is 6.25. The van der Waals surface area contributed by atoms with Gasteiger partial charge in [0.15, 0.2) is 0 Å². The van der Waals surface area contributed by atoms with Gasteiger partial charge in [-0.1, -0.05) is 17.7 Å². The fraction of sp³-hybridized carbons (Fsp3) is 0.389. The second kappa shape index (κ2) is 8.52. The second-order valence-corrected chi connectivity index (χ2v) is 8.52. The maximum Gasteiger partial charge on any atom is 0.301 e. The van der Waals surface area contributed by atoms with Crippen LogP contribution in [0.2, 0.25) is 5.02 Å². The van der Waals surface area contributed by atoms with Gasteiger partial charge in [-0.3, -0.25) is 4.31 Å². The lowest BCUT2D eigenvalue weighted by molar-refractivity contribution is 0.110. The number of hydrogen-bond acceptors (Lipinski definition) is 7. The van der Waals surface area contributed by atoms with Gasteiger partial charge in [-0.2, -0.15) is 13.4 Å². The Morgan fingerprint density at radius 1 is 1.21 bits per heavy atom. The smallest absolute Gasteiger partial charge is 0.301 e. The van der Waals surface area contributed by atoms with Crippen LogP contribution < -0.4 is 9.04 Å². The van der Waals surface area contributed by atoms with E-state index < -0.39 is 10.0 Å². The molecule has 29 heavy (non-hydrogen) atoms. The third-order valence-electron chi connectivity index (χ3n) is 4.14. The molecule has 0 unspecified atom stereocenters. The zero-order chi connectivity index (χ0) is 21.2. The summed E-state index contributed by atoms with van der Waals surface area (Å²) in [7, 11) is -2.73. The van der Waals surface area contributed by atoms with Crippen LogP contribution in [-0.2, 0) is 14.8 Å². The Bertz CT molecular complexity index is 1130. The van der Waals surface area contributed by atoms with Crippen LogP contribution in [0.25, 0.3) is 5.78 Å². The van der Waals surface area contributed by atoms with E-state index in [-0.39, 0.29) is 28.3 Å². The molecule has 1 aromatic carbocycles. The van der Waals surface area contributed by atoms with Gasteiger partial charge in [-0.15, -0.1) is 5.10 Å². The summed E-state index contributed by atoms with van der Waals surface area (Å²) in [5.41, 5.74) is 1.64. The zero-order valence-corrected chi connectivity index (χ0v) is 18.2. The highest BCUT2D eigenvalue weighted by Crippen LogP contribution is 2.37. The molecule has 0 bridgehead atoms. The van der Waals surface area contributed by atoms with E-state index in [1.165, 1.54) is 11.6 Å². The van der Waals surface area contributed by atoms with Crippen molar-refractivity contribution in [1.29, 1.82) is 0 Å². The first-order chi connectivity index (χ1) is 13.8. The Labute approximate surface area is 174 Å². The molecular formula is C18H22ClN5O4S. The summed E-state index contributed by atoms with van der Waals surface area (Å²) in [6, 6.07) is 6.71. The topological polar surface area (TPSA) is 98.9 Å². The summed E-state index contributed by atoms with van der Waals surface area (Å²) in [5, 5.41) is 3.97. The van der Waals surface area contributed by atoms with Gasteiger partial charge >= 0.3 is 10.0 Å². The summed E-state index contributed by atoms with van der Waals surface area (Å²) in [6.45, 7) is 6.67. The molecule has 0 spiro atoms. The standard InChI is InChI=1S/C18H22ClN5O4S/c1-5-27-9-10-28-15-8-6-7-14(19)16(15)23(4)29(25,26)18-21-17-20-12(2)11-13(3)24(17)22-18/h6-8,11H,5,9-10H2,1-4H3. The van der Waals surface area contributed by atoms with Crippen LogP contribution in [0.3, 0.4) is 0 Å².